The Labute approximate surface area is 146 Å². The number of fused-ring (bicyclic) bond motifs is 1. The third-order valence-electron chi connectivity index (χ3n) is 4.12. The molecule has 2 aromatic heterocycles. The standard InChI is InChI=1S/C21H19N3O/c1-2-6-21-20(5-1)16(14-24-21)11-13-23-17-7-9-18(10-8-17)25-19-4-3-12-22-15-19/h1-10,12,14-15,23-24H,11,13H2. The first-order valence-electron chi connectivity index (χ1n) is 8.35. The van der Waals surface area contributed by atoms with Gasteiger partial charge in [0.25, 0.3) is 0 Å². The average molecular weight is 329 g/mol. The molecule has 4 nitrogen and oxygen atoms in total. The second-order valence-electron chi connectivity index (χ2n) is 5.85. The topological polar surface area (TPSA) is 49.9 Å². The number of aromatic nitrogens is 2. The Balaban J connectivity index is 1.34. The lowest BCUT2D eigenvalue weighted by Gasteiger charge is -2.08. The molecule has 0 amide bonds. The summed E-state index contributed by atoms with van der Waals surface area (Å²) >= 11 is 0. The Bertz CT molecular complexity index is 946. The van der Waals surface area contributed by atoms with Crippen LogP contribution in [-0.2, 0) is 6.42 Å². The second-order valence-corrected chi connectivity index (χ2v) is 5.85. The van der Waals surface area contributed by atoms with Gasteiger partial charge in [-0.15, -0.1) is 0 Å². The summed E-state index contributed by atoms with van der Waals surface area (Å²) in [6.07, 6.45) is 6.50. The van der Waals surface area contributed by atoms with Gasteiger partial charge in [0.2, 0.25) is 0 Å². The summed E-state index contributed by atoms with van der Waals surface area (Å²) in [5.74, 6) is 1.54. The maximum Gasteiger partial charge on any atom is 0.145 e. The van der Waals surface area contributed by atoms with E-state index in [1.807, 2.05) is 36.4 Å². The van der Waals surface area contributed by atoms with Crippen LogP contribution in [0.25, 0.3) is 10.9 Å². The Morgan fingerprint density at radius 2 is 1.80 bits per heavy atom. The van der Waals surface area contributed by atoms with E-state index in [9.17, 15) is 0 Å². The number of hydrogen-bond donors (Lipinski definition) is 2. The van der Waals surface area contributed by atoms with Gasteiger partial charge in [-0.2, -0.15) is 0 Å². The summed E-state index contributed by atoms with van der Waals surface area (Å²) in [6.45, 7) is 0.880. The van der Waals surface area contributed by atoms with Crippen LogP contribution in [0, 0.1) is 0 Å². The third kappa shape index (κ3) is 3.63. The van der Waals surface area contributed by atoms with E-state index < -0.39 is 0 Å². The van der Waals surface area contributed by atoms with Gasteiger partial charge in [0.15, 0.2) is 0 Å². The molecule has 0 atom stereocenters. The number of hydrogen-bond acceptors (Lipinski definition) is 3. The molecule has 2 N–H and O–H groups in total. The Hall–Kier alpha value is -3.27. The number of rotatable bonds is 6. The smallest absolute Gasteiger partial charge is 0.145 e. The molecular formula is C21H19N3O. The van der Waals surface area contributed by atoms with E-state index in [1.54, 1.807) is 12.4 Å². The van der Waals surface area contributed by atoms with Gasteiger partial charge in [0, 0.05) is 35.5 Å². The molecule has 0 bridgehead atoms. The monoisotopic (exact) mass is 329 g/mol. The van der Waals surface area contributed by atoms with E-state index in [-0.39, 0.29) is 0 Å². The van der Waals surface area contributed by atoms with Gasteiger partial charge in [0.1, 0.15) is 11.5 Å². The van der Waals surface area contributed by atoms with Gasteiger partial charge in [-0.1, -0.05) is 18.2 Å². The zero-order valence-electron chi connectivity index (χ0n) is 13.8. The predicted molar refractivity (Wildman–Crippen MR) is 101 cm³/mol. The number of ether oxygens (including phenoxy) is 1. The van der Waals surface area contributed by atoms with E-state index in [1.165, 1.54) is 16.5 Å². The van der Waals surface area contributed by atoms with E-state index in [4.69, 9.17) is 4.74 Å². The van der Waals surface area contributed by atoms with Gasteiger partial charge in [0.05, 0.1) is 6.20 Å². The molecule has 4 aromatic rings. The summed E-state index contributed by atoms with van der Waals surface area (Å²) in [7, 11) is 0. The molecule has 0 unspecified atom stereocenters. The number of aromatic amines is 1. The van der Waals surface area contributed by atoms with Crippen LogP contribution in [0.3, 0.4) is 0 Å². The number of para-hydroxylation sites is 1. The second kappa shape index (κ2) is 7.09. The highest BCUT2D eigenvalue weighted by Gasteiger charge is 2.03. The van der Waals surface area contributed by atoms with Crippen molar-refractivity contribution in [3.05, 3.63) is 84.8 Å². The van der Waals surface area contributed by atoms with Crippen molar-refractivity contribution in [3.63, 3.8) is 0 Å². The molecule has 4 rings (SSSR count). The van der Waals surface area contributed by atoms with E-state index >= 15 is 0 Å². The summed E-state index contributed by atoms with van der Waals surface area (Å²) in [6, 6.07) is 20.1. The molecule has 124 valence electrons. The van der Waals surface area contributed by atoms with Gasteiger partial charge in [-0.25, -0.2) is 0 Å². The fraction of sp³-hybridized carbons (Fsp3) is 0.0952. The molecule has 0 aliphatic rings. The summed E-state index contributed by atoms with van der Waals surface area (Å²) in [5.41, 5.74) is 3.60. The van der Waals surface area contributed by atoms with Crippen molar-refractivity contribution in [3.8, 4) is 11.5 Å². The first-order valence-corrected chi connectivity index (χ1v) is 8.35. The normalized spacial score (nSPS) is 10.7. The Kier molecular flexibility index (Phi) is 4.33. The molecule has 0 fully saturated rings. The first kappa shape index (κ1) is 15.3. The van der Waals surface area contributed by atoms with Crippen molar-refractivity contribution in [2.75, 3.05) is 11.9 Å². The number of benzene rings is 2. The van der Waals surface area contributed by atoms with Crippen molar-refractivity contribution in [1.29, 1.82) is 0 Å². The maximum absolute atomic E-state index is 5.75. The minimum atomic E-state index is 0.738. The predicted octanol–water partition coefficient (Wildman–Crippen LogP) is 5.01. The highest BCUT2D eigenvalue weighted by molar-refractivity contribution is 5.83. The Morgan fingerprint density at radius 1 is 0.920 bits per heavy atom. The van der Waals surface area contributed by atoms with Crippen LogP contribution >= 0.6 is 0 Å². The first-order chi connectivity index (χ1) is 12.4. The molecule has 0 radical (unpaired) electrons. The third-order valence-corrected chi connectivity index (χ3v) is 4.12. The molecular weight excluding hydrogens is 310 g/mol. The average Bonchev–Trinajstić information content (AvgIpc) is 3.07. The van der Waals surface area contributed by atoms with Crippen LogP contribution in [0.1, 0.15) is 5.56 Å². The molecule has 2 heterocycles. The van der Waals surface area contributed by atoms with Crippen molar-refractivity contribution in [1.82, 2.24) is 9.97 Å². The van der Waals surface area contributed by atoms with Crippen molar-refractivity contribution in [2.24, 2.45) is 0 Å². The molecule has 25 heavy (non-hydrogen) atoms. The van der Waals surface area contributed by atoms with Crippen LogP contribution in [0.4, 0.5) is 5.69 Å². The molecule has 0 saturated heterocycles. The van der Waals surface area contributed by atoms with Crippen LogP contribution in [-0.4, -0.2) is 16.5 Å². The van der Waals surface area contributed by atoms with Gasteiger partial charge >= 0.3 is 0 Å². The zero-order valence-corrected chi connectivity index (χ0v) is 13.8. The highest BCUT2D eigenvalue weighted by atomic mass is 16.5. The SMILES string of the molecule is c1cncc(Oc2ccc(NCCc3c[nH]c4ccccc34)cc2)c1. The van der Waals surface area contributed by atoms with E-state index in [0.717, 1.165) is 30.2 Å². The van der Waals surface area contributed by atoms with Crippen LogP contribution in [0.5, 0.6) is 11.5 Å². The number of nitrogens with one attached hydrogen (secondary N) is 2. The summed E-state index contributed by atoms with van der Waals surface area (Å²) in [5, 5.41) is 4.75. The number of anilines is 1. The van der Waals surface area contributed by atoms with Crippen molar-refractivity contribution >= 4 is 16.6 Å². The number of H-pyrrole nitrogens is 1. The molecule has 4 heteroatoms. The molecule has 0 aliphatic heterocycles. The van der Waals surface area contributed by atoms with Crippen molar-refractivity contribution in [2.45, 2.75) is 6.42 Å². The van der Waals surface area contributed by atoms with Crippen molar-refractivity contribution < 1.29 is 4.74 Å². The lowest BCUT2D eigenvalue weighted by molar-refractivity contribution is 0.480. The number of pyridine rings is 1. The lowest BCUT2D eigenvalue weighted by atomic mass is 10.1. The fourth-order valence-electron chi connectivity index (χ4n) is 2.86. The van der Waals surface area contributed by atoms with Gasteiger partial charge < -0.3 is 15.0 Å². The Morgan fingerprint density at radius 3 is 2.64 bits per heavy atom. The molecule has 0 spiro atoms. The van der Waals surface area contributed by atoms with Crippen LogP contribution in [0.15, 0.2) is 79.3 Å². The minimum absolute atomic E-state index is 0.738. The van der Waals surface area contributed by atoms with Crippen LogP contribution in [0.2, 0.25) is 0 Å². The van der Waals surface area contributed by atoms with Crippen LogP contribution < -0.4 is 10.1 Å². The van der Waals surface area contributed by atoms with Gasteiger partial charge in [-0.05, 0) is 54.4 Å². The minimum Gasteiger partial charge on any atom is -0.456 e. The van der Waals surface area contributed by atoms with E-state index in [0.29, 0.717) is 0 Å². The largest absolute Gasteiger partial charge is 0.456 e. The number of nitrogens with zero attached hydrogens (tertiary/aromatic N) is 1. The lowest BCUT2D eigenvalue weighted by Crippen LogP contribution is -2.04. The van der Waals surface area contributed by atoms with Gasteiger partial charge in [-0.3, -0.25) is 4.98 Å². The zero-order chi connectivity index (χ0) is 16.9. The fourth-order valence-corrected chi connectivity index (χ4v) is 2.86. The quantitative estimate of drug-likeness (QED) is 0.523. The molecule has 0 aliphatic carbocycles. The highest BCUT2D eigenvalue weighted by Crippen LogP contribution is 2.22. The molecule has 0 saturated carbocycles. The maximum atomic E-state index is 5.75. The summed E-state index contributed by atoms with van der Waals surface area (Å²) in [4.78, 5) is 7.36. The summed E-state index contributed by atoms with van der Waals surface area (Å²) < 4.78 is 5.75. The van der Waals surface area contributed by atoms with E-state index in [2.05, 4.69) is 45.7 Å². The molecule has 2 aromatic carbocycles.